The summed E-state index contributed by atoms with van der Waals surface area (Å²) >= 11 is 0. The number of amides is 1. The largest absolute Gasteiger partial charge is 0.466 e. The molecule has 0 aromatic heterocycles. The lowest BCUT2D eigenvalue weighted by molar-refractivity contribution is -0.143. The Bertz CT molecular complexity index is 1210. The van der Waals surface area contributed by atoms with E-state index in [0.717, 1.165) is 51.4 Å². The minimum Gasteiger partial charge on any atom is -0.466 e. The van der Waals surface area contributed by atoms with E-state index in [2.05, 4.69) is 55.6 Å². The number of hydrogen-bond donors (Lipinski definition) is 3. The maximum Gasteiger partial charge on any atom is 0.305 e. The molecule has 0 saturated carbocycles. The van der Waals surface area contributed by atoms with Crippen molar-refractivity contribution in [3.05, 3.63) is 48.6 Å². The molecule has 6 nitrogen and oxygen atoms in total. The van der Waals surface area contributed by atoms with Gasteiger partial charge in [-0.2, -0.15) is 0 Å². The van der Waals surface area contributed by atoms with Crippen molar-refractivity contribution < 1.29 is 24.5 Å². The molecule has 0 aliphatic carbocycles. The van der Waals surface area contributed by atoms with E-state index in [-0.39, 0.29) is 18.5 Å². The van der Waals surface area contributed by atoms with E-state index >= 15 is 0 Å². The Morgan fingerprint density at radius 1 is 0.389 bits per heavy atom. The fraction of sp³-hybridized carbons (Fsp3) is 0.848. The summed E-state index contributed by atoms with van der Waals surface area (Å²) in [5.41, 5.74) is 0. The Morgan fingerprint density at radius 2 is 0.694 bits per heavy atom. The molecular weight excluding hydrogens is 887 g/mol. The molecule has 0 aliphatic rings. The van der Waals surface area contributed by atoms with Gasteiger partial charge in [0.05, 0.1) is 25.4 Å². The molecule has 0 aromatic rings. The molecule has 2 atom stereocenters. The van der Waals surface area contributed by atoms with Crippen LogP contribution in [0.15, 0.2) is 48.6 Å². The molecule has 0 aliphatic heterocycles. The number of aliphatic hydroxyl groups excluding tert-OH is 2. The number of carbonyl (C=O) groups is 2. The number of esters is 1. The molecule has 0 saturated heterocycles. The van der Waals surface area contributed by atoms with Gasteiger partial charge < -0.3 is 20.3 Å². The maximum atomic E-state index is 12.4. The molecule has 1 amide bonds. The Balaban J connectivity index is 3.39. The van der Waals surface area contributed by atoms with Crippen LogP contribution in [0, 0.1) is 0 Å². The highest BCUT2D eigenvalue weighted by Gasteiger charge is 2.18. The van der Waals surface area contributed by atoms with Crippen LogP contribution in [0.3, 0.4) is 0 Å². The average Bonchev–Trinajstić information content (AvgIpc) is 3.38. The SMILES string of the molecule is CCCCCC/C=C\C/C=C\CCCCCCCCCC(=O)OCCCCCCCCCCCCCC/C=C\CCCCCCCCCCCCC(=O)NC(CO)C(O)/C=C/CCCCCCCCCCC. The molecule has 0 bridgehead atoms. The quantitative estimate of drug-likeness (QED) is 0.0320. The monoisotopic (exact) mass is 1010 g/mol. The number of rotatable bonds is 59. The van der Waals surface area contributed by atoms with Crippen molar-refractivity contribution in [2.75, 3.05) is 13.2 Å². The van der Waals surface area contributed by atoms with Crippen LogP contribution in [0.2, 0.25) is 0 Å². The Kier molecular flexibility index (Phi) is 59.5. The summed E-state index contributed by atoms with van der Waals surface area (Å²) in [4.78, 5) is 24.5. The van der Waals surface area contributed by atoms with Crippen LogP contribution in [0.5, 0.6) is 0 Å². The second-order valence-corrected chi connectivity index (χ2v) is 21.7. The van der Waals surface area contributed by atoms with Crippen molar-refractivity contribution in [1.82, 2.24) is 5.32 Å². The summed E-state index contributed by atoms with van der Waals surface area (Å²) in [5.74, 6) is -0.0648. The number of unbranched alkanes of at least 4 members (excludes halogenated alkanes) is 42. The normalized spacial score (nSPS) is 12.9. The second kappa shape index (κ2) is 61.4. The highest BCUT2D eigenvalue weighted by Crippen LogP contribution is 2.17. The van der Waals surface area contributed by atoms with E-state index < -0.39 is 12.1 Å². The fourth-order valence-corrected chi connectivity index (χ4v) is 9.66. The van der Waals surface area contributed by atoms with Gasteiger partial charge in [-0.1, -0.05) is 281 Å². The molecule has 0 heterocycles. The van der Waals surface area contributed by atoms with Gasteiger partial charge in [-0.25, -0.2) is 0 Å². The first-order valence-corrected chi connectivity index (χ1v) is 31.9. The number of hydrogen-bond acceptors (Lipinski definition) is 5. The minimum absolute atomic E-state index is 0.00626. The van der Waals surface area contributed by atoms with Crippen molar-refractivity contribution in [1.29, 1.82) is 0 Å². The molecule has 0 radical (unpaired) electrons. The lowest BCUT2D eigenvalue weighted by Crippen LogP contribution is -2.45. The number of allylic oxidation sites excluding steroid dienone is 7. The zero-order valence-corrected chi connectivity index (χ0v) is 48.2. The molecule has 422 valence electrons. The summed E-state index contributed by atoms with van der Waals surface area (Å²) in [5, 5.41) is 23.0. The third-order valence-corrected chi connectivity index (χ3v) is 14.6. The van der Waals surface area contributed by atoms with Gasteiger partial charge in [0.2, 0.25) is 5.91 Å². The predicted octanol–water partition coefficient (Wildman–Crippen LogP) is 20.1. The summed E-state index contributed by atoms with van der Waals surface area (Å²) in [6, 6.07) is -0.628. The van der Waals surface area contributed by atoms with E-state index in [0.29, 0.717) is 19.4 Å². The molecule has 72 heavy (non-hydrogen) atoms. The topological polar surface area (TPSA) is 95.9 Å². The van der Waals surface area contributed by atoms with Gasteiger partial charge in [0.1, 0.15) is 0 Å². The Labute approximate surface area is 448 Å². The van der Waals surface area contributed by atoms with Gasteiger partial charge in [-0.05, 0) is 89.9 Å². The van der Waals surface area contributed by atoms with E-state index in [1.54, 1.807) is 6.08 Å². The summed E-state index contributed by atoms with van der Waals surface area (Å²) < 4.78 is 5.49. The maximum absolute atomic E-state index is 12.4. The summed E-state index contributed by atoms with van der Waals surface area (Å²) in [7, 11) is 0. The zero-order chi connectivity index (χ0) is 52.2. The van der Waals surface area contributed by atoms with Crippen LogP contribution in [-0.4, -0.2) is 47.4 Å². The van der Waals surface area contributed by atoms with E-state index in [9.17, 15) is 19.8 Å². The number of aliphatic hydroxyl groups is 2. The molecule has 3 N–H and O–H groups in total. The minimum atomic E-state index is -0.845. The first kappa shape index (κ1) is 69.8. The third kappa shape index (κ3) is 57.1. The van der Waals surface area contributed by atoms with Gasteiger partial charge in [-0.3, -0.25) is 9.59 Å². The van der Waals surface area contributed by atoms with Gasteiger partial charge in [0.15, 0.2) is 0 Å². The van der Waals surface area contributed by atoms with Crippen LogP contribution >= 0.6 is 0 Å². The standard InChI is InChI=1S/C66H123NO5/c1-3-5-7-9-11-13-15-16-17-18-30-33-36-40-44-48-52-56-60-66(71)72-61-57-53-49-45-41-37-34-31-28-26-24-22-20-19-21-23-25-27-29-32-35-39-43-47-51-55-59-65(70)67-63(62-68)64(69)58-54-50-46-42-38-14-12-10-8-6-4-2/h13,15,17-19,21,54,58,63-64,68-69H,3-12,14,16,20,22-53,55-57,59-62H2,1-2H3,(H,67,70)/b15-13-,18-17-,21-19-,58-54+. The summed E-state index contributed by atoms with van der Waals surface area (Å²) in [6.45, 7) is 4.88. The highest BCUT2D eigenvalue weighted by atomic mass is 16.5. The lowest BCUT2D eigenvalue weighted by Gasteiger charge is -2.20. The van der Waals surface area contributed by atoms with Gasteiger partial charge in [0, 0.05) is 12.8 Å². The van der Waals surface area contributed by atoms with Crippen LogP contribution < -0.4 is 5.32 Å². The molecule has 0 spiro atoms. The summed E-state index contributed by atoms with van der Waals surface area (Å²) in [6.07, 6.45) is 78.8. The fourth-order valence-electron chi connectivity index (χ4n) is 9.66. The molecule has 2 unspecified atom stereocenters. The van der Waals surface area contributed by atoms with Crippen molar-refractivity contribution in [2.24, 2.45) is 0 Å². The second-order valence-electron chi connectivity index (χ2n) is 21.7. The molecule has 0 rings (SSSR count). The Hall–Kier alpha value is -2.18. The smallest absolute Gasteiger partial charge is 0.305 e. The highest BCUT2D eigenvalue weighted by molar-refractivity contribution is 5.76. The molecular formula is C66H123NO5. The predicted molar refractivity (Wildman–Crippen MR) is 315 cm³/mol. The number of carbonyl (C=O) groups excluding carboxylic acids is 2. The van der Waals surface area contributed by atoms with Crippen LogP contribution in [0.1, 0.15) is 335 Å². The van der Waals surface area contributed by atoms with Crippen molar-refractivity contribution >= 4 is 11.9 Å². The van der Waals surface area contributed by atoms with E-state index in [4.69, 9.17) is 4.74 Å². The van der Waals surface area contributed by atoms with Crippen LogP contribution in [0.4, 0.5) is 0 Å². The first-order valence-electron chi connectivity index (χ1n) is 31.9. The third-order valence-electron chi connectivity index (χ3n) is 14.6. The Morgan fingerprint density at radius 3 is 1.08 bits per heavy atom. The average molecular weight is 1010 g/mol. The van der Waals surface area contributed by atoms with E-state index in [1.165, 1.54) is 257 Å². The zero-order valence-electron chi connectivity index (χ0n) is 48.2. The number of ether oxygens (including phenoxy) is 1. The van der Waals surface area contributed by atoms with Gasteiger partial charge >= 0.3 is 5.97 Å². The van der Waals surface area contributed by atoms with Crippen molar-refractivity contribution in [2.45, 2.75) is 347 Å². The molecule has 0 fully saturated rings. The molecule has 0 aromatic carbocycles. The van der Waals surface area contributed by atoms with E-state index in [1.807, 2.05) is 6.08 Å². The molecule has 6 heteroatoms. The van der Waals surface area contributed by atoms with Crippen LogP contribution in [0.25, 0.3) is 0 Å². The lowest BCUT2D eigenvalue weighted by atomic mass is 10.0. The van der Waals surface area contributed by atoms with Gasteiger partial charge in [-0.15, -0.1) is 0 Å². The van der Waals surface area contributed by atoms with Gasteiger partial charge in [0.25, 0.3) is 0 Å². The van der Waals surface area contributed by atoms with Crippen molar-refractivity contribution in [3.8, 4) is 0 Å². The first-order chi connectivity index (χ1) is 35.5. The van der Waals surface area contributed by atoms with Crippen LogP contribution in [-0.2, 0) is 14.3 Å². The number of nitrogens with one attached hydrogen (secondary N) is 1. The van der Waals surface area contributed by atoms with Crippen molar-refractivity contribution in [3.63, 3.8) is 0 Å².